The predicted octanol–water partition coefficient (Wildman–Crippen LogP) is 0.442. The van der Waals surface area contributed by atoms with Crippen molar-refractivity contribution in [3.8, 4) is 0 Å². The number of cyclic esters (lactones) is 1. The number of aliphatic hydroxyl groups is 17. The molecule has 1 fully saturated rings. The van der Waals surface area contributed by atoms with Crippen molar-refractivity contribution in [1.29, 1.82) is 0 Å². The lowest BCUT2D eigenvalue weighted by atomic mass is 9.82. The van der Waals surface area contributed by atoms with Crippen LogP contribution in [0.4, 0.5) is 0 Å². The molecule has 0 amide bonds. The number of carbonyl (C=O) groups excluding carboxylic acids is 1. The molecule has 1 saturated heterocycles. The molecular formula is C61H109NO21. The SMILES string of the molecule is C/C1=C/[C@H](O[C@H]2O[C@H](CO)[C@@H](O)[C@H](O)[C@@H]2O)[C@H](O)C[C@@H](O)C[C@H](O)C[C@H](O)[C@H](C)[C@@H](O)[C@@H](C)[C@H](O)C[C@@H](O)C[C@H](O)/C=C/C[C@@H]([C@H](C)[C@H](O)CCCN)OC(=O)/C(C)=C/CC[C@H](C)[C@@H](O)[C@@H](C)[C@@H](O)CC/C=C/[C@H](C)[C@@H](O)/C=C/[C@H](C)[C@H]1O. The number of hydrogen-bond acceptors (Lipinski definition) is 22. The molecule has 0 aromatic carbocycles. The molecule has 0 aromatic rings. The van der Waals surface area contributed by atoms with E-state index in [-0.39, 0.29) is 37.2 Å². The maximum Gasteiger partial charge on any atom is 0.333 e. The van der Waals surface area contributed by atoms with Crippen molar-refractivity contribution in [1.82, 2.24) is 0 Å². The number of rotatable bonds is 8. The zero-order chi connectivity index (χ0) is 63.0. The number of esters is 1. The Bertz CT molecular complexity index is 1960. The van der Waals surface area contributed by atoms with Crippen LogP contribution in [0.2, 0.25) is 0 Å². The van der Waals surface area contributed by atoms with Crippen molar-refractivity contribution in [2.24, 2.45) is 47.2 Å². The third-order valence-corrected chi connectivity index (χ3v) is 17.0. The van der Waals surface area contributed by atoms with Gasteiger partial charge in [0, 0.05) is 60.3 Å². The lowest BCUT2D eigenvalue weighted by molar-refractivity contribution is -0.313. The van der Waals surface area contributed by atoms with Gasteiger partial charge in [-0.25, -0.2) is 4.79 Å². The smallest absolute Gasteiger partial charge is 0.333 e. The Morgan fingerprint density at radius 3 is 1.81 bits per heavy atom. The van der Waals surface area contributed by atoms with Crippen LogP contribution in [0.25, 0.3) is 0 Å². The second-order valence-electron chi connectivity index (χ2n) is 24.2. The molecular weight excluding hydrogens is 1080 g/mol. The monoisotopic (exact) mass is 1190 g/mol. The molecule has 0 unspecified atom stereocenters. The van der Waals surface area contributed by atoms with Crippen LogP contribution in [-0.4, -0.2) is 228 Å². The predicted molar refractivity (Wildman–Crippen MR) is 310 cm³/mol. The van der Waals surface area contributed by atoms with Crippen molar-refractivity contribution in [2.75, 3.05) is 13.2 Å². The number of ether oxygens (including phenoxy) is 3. The van der Waals surface area contributed by atoms with E-state index in [0.717, 1.165) is 0 Å². The molecule has 2 heterocycles. The van der Waals surface area contributed by atoms with E-state index in [1.54, 1.807) is 58.9 Å². The van der Waals surface area contributed by atoms with Gasteiger partial charge < -0.3 is 107 Å². The highest BCUT2D eigenvalue weighted by molar-refractivity contribution is 5.87. The summed E-state index contributed by atoms with van der Waals surface area (Å²) < 4.78 is 17.4. The fourth-order valence-corrected chi connectivity index (χ4v) is 10.5. The quantitative estimate of drug-likeness (QED) is 0.116. The highest BCUT2D eigenvalue weighted by Crippen LogP contribution is 2.30. The van der Waals surface area contributed by atoms with Gasteiger partial charge in [-0.15, -0.1) is 0 Å². The van der Waals surface area contributed by atoms with E-state index < -0.39 is 183 Å². The number of carbonyl (C=O) groups is 1. The Morgan fingerprint density at radius 1 is 0.639 bits per heavy atom. The van der Waals surface area contributed by atoms with Crippen molar-refractivity contribution in [2.45, 2.75) is 262 Å². The Balaban J connectivity index is 2.45. The van der Waals surface area contributed by atoms with Crippen LogP contribution in [0.5, 0.6) is 0 Å². The summed E-state index contributed by atoms with van der Waals surface area (Å²) in [6.07, 6.45) is -13.2. The molecule has 0 aliphatic carbocycles. The van der Waals surface area contributed by atoms with E-state index in [0.29, 0.717) is 50.6 Å². The minimum Gasteiger partial charge on any atom is -0.458 e. The lowest BCUT2D eigenvalue weighted by Crippen LogP contribution is -2.60. The molecule has 83 heavy (non-hydrogen) atoms. The summed E-state index contributed by atoms with van der Waals surface area (Å²) in [5.41, 5.74) is 6.22. The van der Waals surface area contributed by atoms with E-state index in [4.69, 9.17) is 19.9 Å². The average molecular weight is 1190 g/mol. The third kappa shape index (κ3) is 25.9. The van der Waals surface area contributed by atoms with E-state index in [1.807, 2.05) is 13.0 Å². The molecule has 0 spiro atoms. The van der Waals surface area contributed by atoms with Gasteiger partial charge in [0.05, 0.1) is 86.0 Å². The zero-order valence-electron chi connectivity index (χ0n) is 50.4. The van der Waals surface area contributed by atoms with Crippen LogP contribution in [0.3, 0.4) is 0 Å². The largest absolute Gasteiger partial charge is 0.458 e. The van der Waals surface area contributed by atoms with Gasteiger partial charge >= 0.3 is 5.97 Å². The van der Waals surface area contributed by atoms with Gasteiger partial charge in [0.1, 0.15) is 36.6 Å². The molecule has 0 radical (unpaired) electrons. The minimum absolute atomic E-state index is 0.0959. The maximum absolute atomic E-state index is 13.4. The standard InChI is InChI=1S/C61H109NO21/c1-32-15-10-11-19-47(70)38(7)55(75)33(2)16-12-17-35(4)60(80)81-51(37(6)46(69)20-14-24-62)21-13-18-41(64)26-42(65)28-48(71)39(8)56(76)40(9)49(72)29-43(66)27-44(67)30-50(73)52(25-36(5)54(74)34(3)22-23-45(32)68)82-61-59(79)58(78)57(77)53(31-63)83-61/h10,13,15,17-18,22-23,25,32-34,37-59,61,63-79H,11-12,14,16,19-21,24,26-31,62H2,1-9H3/b15-10+,18-13+,23-22+,35-17+,36-25-/t32-,33-,34-,37+,38-,39-,40-,41+,42-,43-,44-,45-,46+,47-,48+,49-,50+,51-,52-,53+,54+,55+,56-,57+,58-,59-,61-/m0/s1. The first-order chi connectivity index (χ1) is 38.9. The van der Waals surface area contributed by atoms with Gasteiger partial charge in [0.15, 0.2) is 6.29 Å². The van der Waals surface area contributed by atoms with Gasteiger partial charge in [-0.2, -0.15) is 0 Å². The van der Waals surface area contributed by atoms with Crippen molar-refractivity contribution in [3.63, 3.8) is 0 Å². The third-order valence-electron chi connectivity index (χ3n) is 17.0. The average Bonchev–Trinajstić information content (AvgIpc) is 3.63. The fraction of sp³-hybridized carbons (Fsp3) is 0.820. The first-order valence-electron chi connectivity index (χ1n) is 29.9. The van der Waals surface area contributed by atoms with Crippen LogP contribution in [0.1, 0.15) is 139 Å². The van der Waals surface area contributed by atoms with E-state index in [1.165, 1.54) is 39.0 Å². The molecule has 484 valence electrons. The molecule has 19 N–H and O–H groups in total. The molecule has 22 nitrogen and oxygen atoms in total. The molecule has 22 heteroatoms. The van der Waals surface area contributed by atoms with E-state index in [2.05, 4.69) is 0 Å². The number of nitrogens with two attached hydrogens (primary N) is 1. The van der Waals surface area contributed by atoms with Crippen LogP contribution in [0.15, 0.2) is 59.8 Å². The fourth-order valence-electron chi connectivity index (χ4n) is 10.5. The Labute approximate surface area is 492 Å². The summed E-state index contributed by atoms with van der Waals surface area (Å²) in [7, 11) is 0. The molecule has 0 saturated carbocycles. The van der Waals surface area contributed by atoms with Crippen LogP contribution in [-0.2, 0) is 19.0 Å². The molecule has 0 aromatic heterocycles. The van der Waals surface area contributed by atoms with Gasteiger partial charge in [0.2, 0.25) is 0 Å². The topological polar surface area (TPSA) is 415 Å². The first-order valence-corrected chi connectivity index (χ1v) is 29.9. The van der Waals surface area contributed by atoms with Crippen LogP contribution in [0, 0.1) is 41.4 Å². The van der Waals surface area contributed by atoms with E-state index in [9.17, 15) is 91.6 Å². The summed E-state index contributed by atoms with van der Waals surface area (Å²) in [4.78, 5) is 13.4. The Hall–Kier alpha value is -2.63. The van der Waals surface area contributed by atoms with Crippen LogP contribution < -0.4 is 5.73 Å². The first kappa shape index (κ1) is 76.5. The number of allylic oxidation sites excluding steroid dienone is 2. The summed E-state index contributed by atoms with van der Waals surface area (Å²) in [6, 6.07) is 0. The van der Waals surface area contributed by atoms with E-state index >= 15 is 0 Å². The summed E-state index contributed by atoms with van der Waals surface area (Å²) in [5.74, 6) is -4.84. The molecule has 0 bridgehead atoms. The van der Waals surface area contributed by atoms with Gasteiger partial charge in [-0.3, -0.25) is 0 Å². The molecule has 27 atom stereocenters. The number of aliphatic hydroxyl groups excluding tert-OH is 17. The van der Waals surface area contributed by atoms with Gasteiger partial charge in [0.25, 0.3) is 0 Å². The lowest BCUT2D eigenvalue weighted by Gasteiger charge is -2.41. The Morgan fingerprint density at radius 2 is 1.22 bits per heavy atom. The second kappa shape index (κ2) is 38.6. The second-order valence-corrected chi connectivity index (χ2v) is 24.2. The molecule has 2 aliphatic heterocycles. The normalized spacial score (nSPS) is 44.2. The summed E-state index contributed by atoms with van der Waals surface area (Å²) >= 11 is 0. The molecule has 2 rings (SSSR count). The minimum atomic E-state index is -1.88. The van der Waals surface area contributed by atoms with Gasteiger partial charge in [-0.05, 0) is 89.7 Å². The summed E-state index contributed by atoms with van der Waals surface area (Å²) in [5, 5.41) is 186. The van der Waals surface area contributed by atoms with Crippen molar-refractivity contribution < 1.29 is 106 Å². The molecule has 2 aliphatic rings. The van der Waals surface area contributed by atoms with Gasteiger partial charge in [-0.1, -0.05) is 97.1 Å². The zero-order valence-corrected chi connectivity index (χ0v) is 50.4. The van der Waals surface area contributed by atoms with Crippen molar-refractivity contribution >= 4 is 5.97 Å². The van der Waals surface area contributed by atoms with Crippen molar-refractivity contribution in [3.05, 3.63) is 59.8 Å². The highest BCUT2D eigenvalue weighted by Gasteiger charge is 2.46. The maximum atomic E-state index is 13.4. The Kier molecular flexibility index (Phi) is 35.6. The highest BCUT2D eigenvalue weighted by atomic mass is 16.7. The summed E-state index contributed by atoms with van der Waals surface area (Å²) in [6.45, 7) is 14.5. The van der Waals surface area contributed by atoms with Crippen LogP contribution >= 0.6 is 0 Å². The number of hydrogen-bond donors (Lipinski definition) is 18.